The molecule has 1 aromatic carbocycles. The van der Waals surface area contributed by atoms with Gasteiger partial charge in [0, 0.05) is 28.5 Å². The Morgan fingerprint density at radius 3 is 2.83 bits per heavy atom. The predicted octanol–water partition coefficient (Wildman–Crippen LogP) is 4.26. The summed E-state index contributed by atoms with van der Waals surface area (Å²) in [5.74, 6) is -0.182. The standard InChI is InChI=1S/C17H17ClFN3O/c18-13-6-3-7-14(19)16(13)11-8-15(23)21-17-12(11)9-20-22(17)10-4-1-2-5-10/h3,6-7,9-11H,1-2,4-5,8H2,(H,21,23). The van der Waals surface area contributed by atoms with Crippen LogP contribution in [0.4, 0.5) is 10.2 Å². The van der Waals surface area contributed by atoms with Crippen molar-refractivity contribution in [3.63, 3.8) is 0 Å². The van der Waals surface area contributed by atoms with Crippen molar-refractivity contribution in [3.05, 3.63) is 46.4 Å². The second-order valence-electron chi connectivity index (χ2n) is 6.27. The van der Waals surface area contributed by atoms with Gasteiger partial charge in [0.15, 0.2) is 0 Å². The van der Waals surface area contributed by atoms with Crippen LogP contribution in [0.1, 0.15) is 55.2 Å². The topological polar surface area (TPSA) is 46.9 Å². The first-order valence-electron chi connectivity index (χ1n) is 7.96. The molecule has 0 spiro atoms. The van der Waals surface area contributed by atoms with Crippen LogP contribution < -0.4 is 5.32 Å². The molecule has 2 aliphatic rings. The molecule has 1 N–H and O–H groups in total. The number of hydrogen-bond acceptors (Lipinski definition) is 2. The van der Waals surface area contributed by atoms with Crippen molar-refractivity contribution in [1.29, 1.82) is 0 Å². The van der Waals surface area contributed by atoms with E-state index >= 15 is 0 Å². The highest BCUT2D eigenvalue weighted by molar-refractivity contribution is 6.31. The van der Waals surface area contributed by atoms with Gasteiger partial charge in [0.2, 0.25) is 5.91 Å². The number of halogens is 2. The number of carbonyl (C=O) groups is 1. The number of nitrogens with one attached hydrogen (secondary N) is 1. The van der Waals surface area contributed by atoms with E-state index in [1.54, 1.807) is 18.3 Å². The van der Waals surface area contributed by atoms with Gasteiger partial charge in [-0.1, -0.05) is 30.5 Å². The van der Waals surface area contributed by atoms with Crippen LogP contribution in [-0.4, -0.2) is 15.7 Å². The average Bonchev–Trinajstić information content (AvgIpc) is 3.15. The largest absolute Gasteiger partial charge is 0.311 e. The van der Waals surface area contributed by atoms with Crippen molar-refractivity contribution < 1.29 is 9.18 Å². The molecule has 23 heavy (non-hydrogen) atoms. The number of benzene rings is 1. The molecule has 120 valence electrons. The molecule has 2 heterocycles. The van der Waals surface area contributed by atoms with E-state index < -0.39 is 0 Å². The van der Waals surface area contributed by atoms with Crippen LogP contribution in [0, 0.1) is 5.82 Å². The van der Waals surface area contributed by atoms with Gasteiger partial charge in [0.1, 0.15) is 11.6 Å². The number of carbonyl (C=O) groups excluding carboxylic acids is 1. The number of nitrogens with zero attached hydrogens (tertiary/aromatic N) is 2. The van der Waals surface area contributed by atoms with Crippen LogP contribution in [0.2, 0.25) is 5.02 Å². The first-order valence-corrected chi connectivity index (χ1v) is 8.34. The lowest BCUT2D eigenvalue weighted by atomic mass is 9.87. The molecule has 1 aliphatic carbocycles. The lowest BCUT2D eigenvalue weighted by Gasteiger charge is -2.26. The molecule has 1 aliphatic heterocycles. The highest BCUT2D eigenvalue weighted by Gasteiger charge is 2.34. The third kappa shape index (κ3) is 2.43. The maximum Gasteiger partial charge on any atom is 0.226 e. The smallest absolute Gasteiger partial charge is 0.226 e. The zero-order chi connectivity index (χ0) is 16.0. The molecule has 4 nitrogen and oxygen atoms in total. The first-order chi connectivity index (χ1) is 11.1. The lowest BCUT2D eigenvalue weighted by Crippen LogP contribution is -2.26. The summed E-state index contributed by atoms with van der Waals surface area (Å²) in [6.45, 7) is 0. The van der Waals surface area contributed by atoms with Crippen LogP contribution in [0.15, 0.2) is 24.4 Å². The van der Waals surface area contributed by atoms with Gasteiger partial charge in [0.25, 0.3) is 0 Å². The summed E-state index contributed by atoms with van der Waals surface area (Å²) in [5.41, 5.74) is 1.24. The average molecular weight is 334 g/mol. The van der Waals surface area contributed by atoms with E-state index in [2.05, 4.69) is 10.4 Å². The maximum atomic E-state index is 14.3. The van der Waals surface area contributed by atoms with E-state index in [0.29, 0.717) is 22.4 Å². The molecular weight excluding hydrogens is 317 g/mol. The minimum Gasteiger partial charge on any atom is -0.311 e. The summed E-state index contributed by atoms with van der Waals surface area (Å²) < 4.78 is 16.2. The van der Waals surface area contributed by atoms with Crippen molar-refractivity contribution in [2.75, 3.05) is 5.32 Å². The summed E-state index contributed by atoms with van der Waals surface area (Å²) in [6.07, 6.45) is 6.42. The Kier molecular flexibility index (Phi) is 3.60. The van der Waals surface area contributed by atoms with Gasteiger partial charge in [-0.15, -0.1) is 0 Å². The molecule has 1 aromatic heterocycles. The Morgan fingerprint density at radius 1 is 1.30 bits per heavy atom. The third-order valence-corrected chi connectivity index (χ3v) is 5.19. The number of hydrogen-bond donors (Lipinski definition) is 1. The Hall–Kier alpha value is -1.88. The number of fused-ring (bicyclic) bond motifs is 1. The Morgan fingerprint density at radius 2 is 2.09 bits per heavy atom. The molecule has 1 fully saturated rings. The van der Waals surface area contributed by atoms with Crippen molar-refractivity contribution in [2.24, 2.45) is 0 Å². The Bertz CT molecular complexity index is 747. The van der Waals surface area contributed by atoms with E-state index in [9.17, 15) is 9.18 Å². The Labute approximate surface area is 138 Å². The van der Waals surface area contributed by atoms with Gasteiger partial charge in [-0.05, 0) is 25.0 Å². The van der Waals surface area contributed by atoms with Crippen LogP contribution in [0.25, 0.3) is 0 Å². The summed E-state index contributed by atoms with van der Waals surface area (Å²) >= 11 is 6.21. The summed E-state index contributed by atoms with van der Waals surface area (Å²) in [6, 6.07) is 4.93. The molecule has 0 saturated heterocycles. The number of rotatable bonds is 2. The van der Waals surface area contributed by atoms with Gasteiger partial charge in [-0.3, -0.25) is 4.79 Å². The van der Waals surface area contributed by atoms with Gasteiger partial charge >= 0.3 is 0 Å². The number of aromatic nitrogens is 2. The second-order valence-corrected chi connectivity index (χ2v) is 6.68. The van der Waals surface area contributed by atoms with E-state index in [4.69, 9.17) is 11.6 Å². The minimum atomic E-state index is -0.386. The maximum absolute atomic E-state index is 14.3. The van der Waals surface area contributed by atoms with Gasteiger partial charge < -0.3 is 5.32 Å². The van der Waals surface area contributed by atoms with Crippen LogP contribution >= 0.6 is 11.6 Å². The van der Waals surface area contributed by atoms with Crippen molar-refractivity contribution >= 4 is 23.3 Å². The molecule has 1 amide bonds. The molecule has 1 saturated carbocycles. The lowest BCUT2D eigenvalue weighted by molar-refractivity contribution is -0.116. The number of anilines is 1. The van der Waals surface area contributed by atoms with E-state index in [1.165, 1.54) is 18.9 Å². The van der Waals surface area contributed by atoms with Crippen molar-refractivity contribution in [3.8, 4) is 0 Å². The third-order valence-electron chi connectivity index (χ3n) is 4.87. The normalized spacial score (nSPS) is 21.3. The molecule has 0 radical (unpaired) electrons. The van der Waals surface area contributed by atoms with Crippen molar-refractivity contribution in [1.82, 2.24) is 9.78 Å². The Balaban J connectivity index is 1.81. The van der Waals surface area contributed by atoms with Gasteiger partial charge in [0.05, 0.1) is 12.2 Å². The van der Waals surface area contributed by atoms with Crippen LogP contribution in [-0.2, 0) is 4.79 Å². The fraction of sp³-hybridized carbons (Fsp3) is 0.412. The van der Waals surface area contributed by atoms with E-state index in [-0.39, 0.29) is 24.1 Å². The van der Waals surface area contributed by atoms with E-state index in [1.807, 2.05) is 4.68 Å². The molecule has 2 aromatic rings. The van der Waals surface area contributed by atoms with Crippen LogP contribution in [0.3, 0.4) is 0 Å². The fourth-order valence-electron chi connectivity index (χ4n) is 3.77. The second kappa shape index (κ2) is 5.64. The summed E-state index contributed by atoms with van der Waals surface area (Å²) in [5, 5.41) is 7.76. The zero-order valence-electron chi connectivity index (χ0n) is 12.6. The zero-order valence-corrected chi connectivity index (χ0v) is 13.3. The number of amides is 1. The van der Waals surface area contributed by atoms with Gasteiger partial charge in [-0.25, -0.2) is 9.07 Å². The summed E-state index contributed by atoms with van der Waals surface area (Å²) in [4.78, 5) is 12.2. The molecule has 1 atom stereocenters. The molecular formula is C17H17ClFN3O. The fourth-order valence-corrected chi connectivity index (χ4v) is 4.06. The molecule has 1 unspecified atom stereocenters. The van der Waals surface area contributed by atoms with Crippen LogP contribution in [0.5, 0.6) is 0 Å². The first kappa shape index (κ1) is 14.7. The van der Waals surface area contributed by atoms with Crippen molar-refractivity contribution in [2.45, 2.75) is 44.1 Å². The highest BCUT2D eigenvalue weighted by atomic mass is 35.5. The summed E-state index contributed by atoms with van der Waals surface area (Å²) in [7, 11) is 0. The van der Waals surface area contributed by atoms with E-state index in [0.717, 1.165) is 18.4 Å². The predicted molar refractivity (Wildman–Crippen MR) is 86.2 cm³/mol. The quantitative estimate of drug-likeness (QED) is 0.892. The van der Waals surface area contributed by atoms with Gasteiger partial charge in [-0.2, -0.15) is 5.10 Å². The molecule has 6 heteroatoms. The highest BCUT2D eigenvalue weighted by Crippen LogP contribution is 2.43. The molecule has 4 rings (SSSR count). The molecule has 0 bridgehead atoms. The minimum absolute atomic E-state index is 0.124. The monoisotopic (exact) mass is 333 g/mol. The SMILES string of the molecule is O=C1CC(c2c(F)cccc2Cl)c2cnn(C3CCCC3)c2N1.